The molecule has 0 bridgehead atoms. The molecule has 0 fully saturated rings. The van der Waals surface area contributed by atoms with E-state index in [9.17, 15) is 18.0 Å². The molecule has 10 heteroatoms. The highest BCUT2D eigenvalue weighted by Gasteiger charge is 2.40. The molecular weight excluding hydrogens is 311 g/mol. The Hall–Kier alpha value is -2.03. The van der Waals surface area contributed by atoms with E-state index in [0.29, 0.717) is 5.82 Å². The average molecular weight is 322 g/mol. The van der Waals surface area contributed by atoms with Crippen LogP contribution in [0, 0.1) is 0 Å². The van der Waals surface area contributed by atoms with E-state index < -0.39 is 22.8 Å². The van der Waals surface area contributed by atoms with Crippen molar-refractivity contribution in [2.45, 2.75) is 12.7 Å². The summed E-state index contributed by atoms with van der Waals surface area (Å²) >= 11 is 5.66. The number of carbonyl (C=O) groups excluding carboxylic acids is 1. The summed E-state index contributed by atoms with van der Waals surface area (Å²) in [7, 11) is 2.66. The molecule has 0 saturated heterocycles. The number of amides is 1. The number of imidazole rings is 1. The maximum absolute atomic E-state index is 12.7. The third-order valence-corrected chi connectivity index (χ3v) is 3.11. The van der Waals surface area contributed by atoms with E-state index in [4.69, 9.17) is 11.6 Å². The number of hydrogen-bond acceptors (Lipinski definition) is 3. The van der Waals surface area contributed by atoms with Crippen LogP contribution in [0.5, 0.6) is 0 Å². The Morgan fingerprint density at radius 1 is 1.52 bits per heavy atom. The van der Waals surface area contributed by atoms with E-state index in [1.165, 1.54) is 25.2 Å². The Labute approximate surface area is 122 Å². The summed E-state index contributed by atoms with van der Waals surface area (Å²) in [5.74, 6) is -0.179. The lowest BCUT2D eigenvalue weighted by Crippen LogP contribution is -2.28. The Bertz CT molecular complexity index is 650. The van der Waals surface area contributed by atoms with Crippen LogP contribution in [0.2, 0.25) is 5.02 Å². The minimum atomic E-state index is -4.72. The van der Waals surface area contributed by atoms with Crippen LogP contribution >= 0.6 is 11.6 Å². The minimum absolute atomic E-state index is 0.106. The molecule has 2 rings (SSSR count). The van der Waals surface area contributed by atoms with E-state index in [1.54, 1.807) is 6.20 Å². The normalized spacial score (nSPS) is 11.7. The predicted octanol–water partition coefficient (Wildman–Crippen LogP) is 2.09. The molecule has 2 aromatic rings. The van der Waals surface area contributed by atoms with Crippen LogP contribution in [0.15, 0.2) is 12.4 Å². The number of H-pyrrole nitrogens is 1. The molecule has 2 heterocycles. The smallest absolute Gasteiger partial charge is 0.347 e. The molecule has 0 aliphatic rings. The topological polar surface area (TPSA) is 66.8 Å². The van der Waals surface area contributed by atoms with Crippen molar-refractivity contribution in [3.05, 3.63) is 34.6 Å². The van der Waals surface area contributed by atoms with Crippen LogP contribution in [0.25, 0.3) is 0 Å². The van der Waals surface area contributed by atoms with Crippen LogP contribution in [-0.4, -0.2) is 37.6 Å². The molecule has 0 atom stereocenters. The molecule has 0 saturated carbocycles. The Morgan fingerprint density at radius 3 is 2.67 bits per heavy atom. The van der Waals surface area contributed by atoms with E-state index in [0.717, 1.165) is 4.68 Å². The number of alkyl halides is 3. The number of aromatic amines is 1. The van der Waals surface area contributed by atoms with E-state index in [2.05, 4.69) is 15.1 Å². The zero-order chi connectivity index (χ0) is 15.8. The second-order valence-electron chi connectivity index (χ2n) is 4.33. The van der Waals surface area contributed by atoms with E-state index >= 15 is 0 Å². The van der Waals surface area contributed by atoms with Crippen molar-refractivity contribution in [2.75, 3.05) is 7.05 Å². The van der Waals surface area contributed by atoms with Gasteiger partial charge in [0.25, 0.3) is 5.91 Å². The predicted molar refractivity (Wildman–Crippen MR) is 67.6 cm³/mol. The van der Waals surface area contributed by atoms with Crippen molar-refractivity contribution in [2.24, 2.45) is 7.05 Å². The summed E-state index contributed by atoms with van der Waals surface area (Å²) in [5.41, 5.74) is -1.60. The molecular formula is C11H11ClF3N5O. The molecule has 0 spiro atoms. The first-order valence-electron chi connectivity index (χ1n) is 5.75. The summed E-state index contributed by atoms with van der Waals surface area (Å²) in [5, 5.41) is 2.56. The van der Waals surface area contributed by atoms with Gasteiger partial charge in [-0.1, -0.05) is 11.6 Å². The molecule has 0 aliphatic heterocycles. The number of hydrogen-bond donors (Lipinski definition) is 1. The minimum Gasteiger partial charge on any atom is -0.347 e. The summed E-state index contributed by atoms with van der Waals surface area (Å²) < 4.78 is 39.0. The van der Waals surface area contributed by atoms with Gasteiger partial charge in [-0.3, -0.25) is 9.48 Å². The van der Waals surface area contributed by atoms with Gasteiger partial charge in [-0.2, -0.15) is 18.3 Å². The first-order valence-corrected chi connectivity index (χ1v) is 6.13. The van der Waals surface area contributed by atoms with Gasteiger partial charge in [0, 0.05) is 26.5 Å². The standard InChI is InChI=1S/C11H11ClF3N5O/c1-19(5-6-16-3-4-17-6)10(21)8-7(12)9(11(13,14)15)18-20(8)2/h3-4H,5H2,1-2H3,(H,16,17). The molecule has 1 N–H and O–H groups in total. The van der Waals surface area contributed by atoms with Crippen molar-refractivity contribution >= 4 is 17.5 Å². The summed E-state index contributed by atoms with van der Waals surface area (Å²) in [6.07, 6.45) is -1.63. The van der Waals surface area contributed by atoms with Gasteiger partial charge in [0.1, 0.15) is 16.5 Å². The number of carbonyl (C=O) groups is 1. The Balaban J connectivity index is 2.29. The van der Waals surface area contributed by atoms with E-state index in [-0.39, 0.29) is 12.2 Å². The number of rotatable bonds is 3. The third kappa shape index (κ3) is 3.02. The van der Waals surface area contributed by atoms with E-state index in [1.807, 2.05) is 0 Å². The number of aryl methyl sites for hydroxylation is 1. The maximum atomic E-state index is 12.7. The SMILES string of the molecule is CN(Cc1ncc[nH]1)C(=O)c1c(Cl)c(C(F)(F)F)nn1C. The highest BCUT2D eigenvalue weighted by molar-refractivity contribution is 6.34. The summed E-state index contributed by atoms with van der Waals surface area (Å²) in [4.78, 5) is 20.2. The van der Waals surface area contributed by atoms with Gasteiger partial charge < -0.3 is 9.88 Å². The van der Waals surface area contributed by atoms with Crippen molar-refractivity contribution in [3.63, 3.8) is 0 Å². The van der Waals surface area contributed by atoms with Gasteiger partial charge in [0.15, 0.2) is 5.69 Å². The molecule has 114 valence electrons. The lowest BCUT2D eigenvalue weighted by molar-refractivity contribution is -0.141. The van der Waals surface area contributed by atoms with Crippen LogP contribution < -0.4 is 0 Å². The van der Waals surface area contributed by atoms with Gasteiger partial charge in [-0.05, 0) is 0 Å². The average Bonchev–Trinajstić information content (AvgIpc) is 2.96. The quantitative estimate of drug-likeness (QED) is 0.941. The lowest BCUT2D eigenvalue weighted by Gasteiger charge is -2.15. The molecule has 6 nitrogen and oxygen atoms in total. The molecule has 0 aliphatic carbocycles. The van der Waals surface area contributed by atoms with Gasteiger partial charge in [0.2, 0.25) is 0 Å². The lowest BCUT2D eigenvalue weighted by atomic mass is 10.3. The van der Waals surface area contributed by atoms with Crippen molar-refractivity contribution in [3.8, 4) is 0 Å². The monoisotopic (exact) mass is 321 g/mol. The van der Waals surface area contributed by atoms with Crippen LogP contribution in [-0.2, 0) is 19.8 Å². The fourth-order valence-electron chi connectivity index (χ4n) is 1.77. The second-order valence-corrected chi connectivity index (χ2v) is 4.71. The first kappa shape index (κ1) is 15.4. The van der Waals surface area contributed by atoms with Crippen molar-refractivity contribution in [1.29, 1.82) is 0 Å². The molecule has 21 heavy (non-hydrogen) atoms. The van der Waals surface area contributed by atoms with Crippen LogP contribution in [0.3, 0.4) is 0 Å². The molecule has 0 unspecified atom stereocenters. The number of halogens is 4. The van der Waals surface area contributed by atoms with Gasteiger partial charge in [-0.15, -0.1) is 0 Å². The highest BCUT2D eigenvalue weighted by Crippen LogP contribution is 2.35. The number of nitrogens with zero attached hydrogens (tertiary/aromatic N) is 4. The number of nitrogens with one attached hydrogen (secondary N) is 1. The van der Waals surface area contributed by atoms with Gasteiger partial charge >= 0.3 is 6.18 Å². The first-order chi connectivity index (χ1) is 9.71. The fraction of sp³-hybridized carbons (Fsp3) is 0.364. The van der Waals surface area contributed by atoms with Gasteiger partial charge in [-0.25, -0.2) is 4.98 Å². The summed E-state index contributed by atoms with van der Waals surface area (Å²) in [6.45, 7) is 0.106. The Morgan fingerprint density at radius 2 is 2.19 bits per heavy atom. The zero-order valence-corrected chi connectivity index (χ0v) is 11.8. The van der Waals surface area contributed by atoms with Crippen LogP contribution in [0.4, 0.5) is 13.2 Å². The second kappa shape index (κ2) is 5.40. The highest BCUT2D eigenvalue weighted by atomic mass is 35.5. The largest absolute Gasteiger partial charge is 0.436 e. The zero-order valence-electron chi connectivity index (χ0n) is 11.1. The van der Waals surface area contributed by atoms with Crippen LogP contribution in [0.1, 0.15) is 22.0 Å². The molecule has 0 aromatic carbocycles. The molecule has 0 radical (unpaired) electrons. The molecule has 2 aromatic heterocycles. The van der Waals surface area contributed by atoms with Crippen molar-refractivity contribution in [1.82, 2.24) is 24.6 Å². The maximum Gasteiger partial charge on any atom is 0.436 e. The fourth-order valence-corrected chi connectivity index (χ4v) is 2.12. The third-order valence-electron chi connectivity index (χ3n) is 2.75. The number of aromatic nitrogens is 4. The van der Waals surface area contributed by atoms with Crippen molar-refractivity contribution < 1.29 is 18.0 Å². The Kier molecular flexibility index (Phi) is 3.95. The molecule has 1 amide bonds. The van der Waals surface area contributed by atoms with Gasteiger partial charge in [0.05, 0.1) is 6.54 Å². The summed E-state index contributed by atoms with van der Waals surface area (Å²) in [6, 6.07) is 0.